The van der Waals surface area contributed by atoms with E-state index in [9.17, 15) is 9.59 Å². The van der Waals surface area contributed by atoms with Crippen molar-refractivity contribution in [2.45, 2.75) is 33.2 Å². The van der Waals surface area contributed by atoms with E-state index in [0.717, 1.165) is 27.9 Å². The van der Waals surface area contributed by atoms with Gasteiger partial charge in [-0.25, -0.2) is 0 Å². The Labute approximate surface area is 160 Å². The lowest BCUT2D eigenvalue weighted by Crippen LogP contribution is -2.34. The number of carbonyl (C=O) groups is 2. The zero-order valence-electron chi connectivity index (χ0n) is 15.3. The largest absolute Gasteiger partial charge is 0.347 e. The molecule has 1 atom stereocenters. The molecule has 0 aliphatic carbocycles. The molecular formula is C20H26ClN3O2. The normalized spacial score (nSPS) is 11.2. The number of hydrogen-bond acceptors (Lipinski definition) is 3. The summed E-state index contributed by atoms with van der Waals surface area (Å²) >= 11 is 0. The number of nitrogens with one attached hydrogen (secondary N) is 2. The van der Waals surface area contributed by atoms with Gasteiger partial charge in [-0.15, -0.1) is 12.4 Å². The van der Waals surface area contributed by atoms with Gasteiger partial charge >= 0.3 is 0 Å². The van der Waals surface area contributed by atoms with Gasteiger partial charge in [0.2, 0.25) is 11.8 Å². The molecule has 140 valence electrons. The van der Waals surface area contributed by atoms with Gasteiger partial charge in [0.05, 0.1) is 6.54 Å². The van der Waals surface area contributed by atoms with Crippen LogP contribution in [0, 0.1) is 20.8 Å². The molecule has 0 heterocycles. The lowest BCUT2D eigenvalue weighted by atomic mass is 10.0. The molecule has 0 aromatic heterocycles. The van der Waals surface area contributed by atoms with Crippen molar-refractivity contribution in [3.8, 4) is 0 Å². The lowest BCUT2D eigenvalue weighted by molar-refractivity contribution is -0.124. The number of benzene rings is 2. The fourth-order valence-corrected chi connectivity index (χ4v) is 2.83. The van der Waals surface area contributed by atoms with Crippen molar-refractivity contribution in [3.63, 3.8) is 0 Å². The van der Waals surface area contributed by atoms with E-state index < -0.39 is 0 Å². The second-order valence-electron chi connectivity index (χ2n) is 6.32. The number of halogens is 1. The molecule has 1 unspecified atom stereocenters. The van der Waals surface area contributed by atoms with E-state index in [4.69, 9.17) is 5.73 Å². The van der Waals surface area contributed by atoms with E-state index in [1.807, 2.05) is 63.2 Å². The molecule has 0 saturated carbocycles. The van der Waals surface area contributed by atoms with Gasteiger partial charge in [0, 0.05) is 18.2 Å². The van der Waals surface area contributed by atoms with Crippen molar-refractivity contribution in [1.29, 1.82) is 0 Å². The number of amides is 2. The molecule has 0 spiro atoms. The molecule has 0 saturated heterocycles. The first kappa shape index (κ1) is 21.7. The molecule has 0 bridgehead atoms. The van der Waals surface area contributed by atoms with Crippen molar-refractivity contribution >= 4 is 29.9 Å². The van der Waals surface area contributed by atoms with Gasteiger partial charge < -0.3 is 16.4 Å². The summed E-state index contributed by atoms with van der Waals surface area (Å²) in [6.07, 6.45) is 0.139. The van der Waals surface area contributed by atoms with Gasteiger partial charge in [-0.2, -0.15) is 0 Å². The van der Waals surface area contributed by atoms with Crippen LogP contribution in [0.2, 0.25) is 0 Å². The highest BCUT2D eigenvalue weighted by molar-refractivity contribution is 5.95. The van der Waals surface area contributed by atoms with Gasteiger partial charge in [0.25, 0.3) is 0 Å². The Bertz CT molecular complexity index is 740. The second-order valence-corrected chi connectivity index (χ2v) is 6.32. The Morgan fingerprint density at radius 3 is 2.15 bits per heavy atom. The Morgan fingerprint density at radius 1 is 1.00 bits per heavy atom. The van der Waals surface area contributed by atoms with Gasteiger partial charge in [-0.05, 0) is 37.5 Å². The third kappa shape index (κ3) is 6.17. The maximum atomic E-state index is 12.1. The van der Waals surface area contributed by atoms with Crippen LogP contribution in [0.25, 0.3) is 0 Å². The van der Waals surface area contributed by atoms with Crippen LogP contribution in [-0.2, 0) is 9.59 Å². The van der Waals surface area contributed by atoms with Crippen molar-refractivity contribution in [2.75, 3.05) is 11.9 Å². The average Bonchev–Trinajstić information content (AvgIpc) is 2.57. The first-order valence-corrected chi connectivity index (χ1v) is 8.31. The molecule has 0 aliphatic heterocycles. The number of nitrogens with two attached hydrogens (primary N) is 1. The van der Waals surface area contributed by atoms with Crippen LogP contribution >= 0.6 is 12.4 Å². The van der Waals surface area contributed by atoms with Crippen molar-refractivity contribution < 1.29 is 9.59 Å². The molecule has 2 amide bonds. The number of carbonyl (C=O) groups excluding carboxylic acids is 2. The summed E-state index contributed by atoms with van der Waals surface area (Å²) in [5.41, 5.74) is 10.9. The third-order valence-corrected chi connectivity index (χ3v) is 4.02. The lowest BCUT2D eigenvalue weighted by Gasteiger charge is -2.14. The maximum absolute atomic E-state index is 12.1. The van der Waals surface area contributed by atoms with Crippen molar-refractivity contribution in [1.82, 2.24) is 5.32 Å². The summed E-state index contributed by atoms with van der Waals surface area (Å²) in [5.74, 6) is -0.500. The van der Waals surface area contributed by atoms with E-state index in [1.165, 1.54) is 0 Å². The minimum atomic E-state index is -0.383. The summed E-state index contributed by atoms with van der Waals surface area (Å²) in [6.45, 7) is 5.84. The highest BCUT2D eigenvalue weighted by atomic mass is 35.5. The highest BCUT2D eigenvalue weighted by Gasteiger charge is 2.13. The zero-order chi connectivity index (χ0) is 18.4. The quantitative estimate of drug-likeness (QED) is 0.725. The highest BCUT2D eigenvalue weighted by Crippen LogP contribution is 2.21. The summed E-state index contributed by atoms with van der Waals surface area (Å²) < 4.78 is 0. The number of rotatable bonds is 6. The Balaban J connectivity index is 0.00000338. The topological polar surface area (TPSA) is 84.2 Å². The molecule has 0 aliphatic rings. The molecule has 0 fully saturated rings. The van der Waals surface area contributed by atoms with Gasteiger partial charge in [-0.3, -0.25) is 9.59 Å². The van der Waals surface area contributed by atoms with E-state index in [2.05, 4.69) is 10.6 Å². The van der Waals surface area contributed by atoms with E-state index in [1.54, 1.807) is 0 Å². The van der Waals surface area contributed by atoms with Crippen LogP contribution in [0.3, 0.4) is 0 Å². The molecule has 6 heteroatoms. The average molecular weight is 376 g/mol. The van der Waals surface area contributed by atoms with E-state index >= 15 is 0 Å². The smallest absolute Gasteiger partial charge is 0.243 e. The minimum absolute atomic E-state index is 0. The third-order valence-electron chi connectivity index (χ3n) is 4.02. The summed E-state index contributed by atoms with van der Waals surface area (Å²) in [4.78, 5) is 24.1. The molecule has 0 radical (unpaired) electrons. The molecule has 2 aromatic carbocycles. The number of hydrogen-bond donors (Lipinski definition) is 3. The summed E-state index contributed by atoms with van der Waals surface area (Å²) in [6, 6.07) is 13.1. The van der Waals surface area contributed by atoms with Gasteiger partial charge in [0.15, 0.2) is 0 Å². The van der Waals surface area contributed by atoms with Crippen LogP contribution in [0.4, 0.5) is 5.69 Å². The first-order valence-electron chi connectivity index (χ1n) is 8.31. The monoisotopic (exact) mass is 375 g/mol. The summed E-state index contributed by atoms with van der Waals surface area (Å²) in [5, 5.41) is 5.48. The van der Waals surface area contributed by atoms with Crippen LogP contribution in [0.5, 0.6) is 0 Å². The maximum Gasteiger partial charge on any atom is 0.243 e. The Kier molecular flexibility index (Phi) is 8.29. The second kappa shape index (κ2) is 9.94. The van der Waals surface area contributed by atoms with Crippen LogP contribution in [-0.4, -0.2) is 18.4 Å². The van der Waals surface area contributed by atoms with Crippen molar-refractivity contribution in [2.24, 2.45) is 5.73 Å². The van der Waals surface area contributed by atoms with Gasteiger partial charge in [0.1, 0.15) is 0 Å². The van der Waals surface area contributed by atoms with E-state index in [-0.39, 0.29) is 43.2 Å². The fraction of sp³-hybridized carbons (Fsp3) is 0.300. The van der Waals surface area contributed by atoms with Gasteiger partial charge in [-0.1, -0.05) is 48.0 Å². The Hall–Kier alpha value is -2.37. The molecule has 26 heavy (non-hydrogen) atoms. The standard InChI is InChI=1S/C20H25N3O2.ClH/c1-13-9-14(2)20(15(3)10-13)23-19(25)12-22-18(24)11-17(21)16-7-5-4-6-8-16;/h4-10,17H,11-12,21H2,1-3H3,(H,22,24)(H,23,25);1H. The molecule has 2 rings (SSSR count). The molecule has 4 N–H and O–H groups in total. The predicted octanol–water partition coefficient (Wildman–Crippen LogP) is 3.18. The molecule has 5 nitrogen and oxygen atoms in total. The fourth-order valence-electron chi connectivity index (χ4n) is 2.83. The first-order chi connectivity index (χ1) is 11.9. The van der Waals surface area contributed by atoms with Crippen molar-refractivity contribution in [3.05, 3.63) is 64.7 Å². The molecular weight excluding hydrogens is 350 g/mol. The summed E-state index contributed by atoms with van der Waals surface area (Å²) in [7, 11) is 0. The number of anilines is 1. The SMILES string of the molecule is Cc1cc(C)c(NC(=O)CNC(=O)CC(N)c2ccccc2)c(C)c1.Cl. The minimum Gasteiger partial charge on any atom is -0.347 e. The molecule has 2 aromatic rings. The number of aryl methyl sites for hydroxylation is 3. The van der Waals surface area contributed by atoms with Crippen LogP contribution < -0.4 is 16.4 Å². The van der Waals surface area contributed by atoms with Crippen LogP contribution in [0.1, 0.15) is 34.7 Å². The predicted molar refractivity (Wildman–Crippen MR) is 108 cm³/mol. The Morgan fingerprint density at radius 2 is 1.58 bits per heavy atom. The van der Waals surface area contributed by atoms with Crippen LogP contribution in [0.15, 0.2) is 42.5 Å². The van der Waals surface area contributed by atoms with E-state index in [0.29, 0.717) is 0 Å². The zero-order valence-corrected chi connectivity index (χ0v) is 16.2.